The highest BCUT2D eigenvalue weighted by molar-refractivity contribution is 5.37. The molecule has 0 aliphatic rings. The van der Waals surface area contributed by atoms with Crippen molar-refractivity contribution in [2.24, 2.45) is 0 Å². The SMILES string of the molecule is CCCCCNc1nncc(NCCc2ccccc2)n1. The van der Waals surface area contributed by atoms with Crippen molar-refractivity contribution in [2.45, 2.75) is 32.6 Å². The molecule has 0 saturated heterocycles. The number of hydrogen-bond acceptors (Lipinski definition) is 5. The Morgan fingerprint density at radius 3 is 2.67 bits per heavy atom. The van der Waals surface area contributed by atoms with Crippen LogP contribution in [-0.2, 0) is 6.42 Å². The summed E-state index contributed by atoms with van der Waals surface area (Å²) in [7, 11) is 0. The van der Waals surface area contributed by atoms with Gasteiger partial charge in [-0.2, -0.15) is 10.1 Å². The molecule has 1 heterocycles. The normalized spacial score (nSPS) is 10.3. The predicted molar refractivity (Wildman–Crippen MR) is 86.5 cm³/mol. The van der Waals surface area contributed by atoms with Gasteiger partial charge < -0.3 is 10.6 Å². The summed E-state index contributed by atoms with van der Waals surface area (Å²) >= 11 is 0. The molecule has 5 heteroatoms. The van der Waals surface area contributed by atoms with E-state index in [-0.39, 0.29) is 0 Å². The lowest BCUT2D eigenvalue weighted by Crippen LogP contribution is -2.10. The lowest BCUT2D eigenvalue weighted by molar-refractivity contribution is 0.738. The second-order valence-electron chi connectivity index (χ2n) is 4.96. The first-order valence-electron chi connectivity index (χ1n) is 7.60. The zero-order valence-electron chi connectivity index (χ0n) is 12.5. The average Bonchev–Trinajstić information content (AvgIpc) is 2.53. The van der Waals surface area contributed by atoms with Gasteiger partial charge >= 0.3 is 0 Å². The van der Waals surface area contributed by atoms with E-state index in [0.29, 0.717) is 5.95 Å². The lowest BCUT2D eigenvalue weighted by Gasteiger charge is -2.07. The van der Waals surface area contributed by atoms with Crippen LogP contribution in [0.5, 0.6) is 0 Å². The maximum Gasteiger partial charge on any atom is 0.244 e. The first-order chi connectivity index (χ1) is 10.4. The van der Waals surface area contributed by atoms with Crippen LogP contribution in [0, 0.1) is 0 Å². The first-order valence-corrected chi connectivity index (χ1v) is 7.60. The third kappa shape index (κ3) is 5.77. The summed E-state index contributed by atoms with van der Waals surface area (Å²) in [4.78, 5) is 4.41. The Kier molecular flexibility index (Phi) is 6.45. The topological polar surface area (TPSA) is 62.7 Å². The number of unbranched alkanes of at least 4 members (excludes halogenated alkanes) is 2. The molecule has 21 heavy (non-hydrogen) atoms. The number of anilines is 2. The zero-order chi connectivity index (χ0) is 14.8. The van der Waals surface area contributed by atoms with Gasteiger partial charge in [0.25, 0.3) is 0 Å². The highest BCUT2D eigenvalue weighted by Crippen LogP contribution is 2.05. The second-order valence-corrected chi connectivity index (χ2v) is 4.96. The Balaban J connectivity index is 1.75. The second kappa shape index (κ2) is 8.89. The van der Waals surface area contributed by atoms with Crippen LogP contribution in [0.2, 0.25) is 0 Å². The van der Waals surface area contributed by atoms with Crippen LogP contribution in [0.25, 0.3) is 0 Å². The van der Waals surface area contributed by atoms with Gasteiger partial charge in [-0.3, -0.25) is 0 Å². The van der Waals surface area contributed by atoms with E-state index in [0.717, 1.165) is 31.7 Å². The third-order valence-electron chi connectivity index (χ3n) is 3.18. The largest absolute Gasteiger partial charge is 0.368 e. The smallest absolute Gasteiger partial charge is 0.244 e. The number of nitrogens with zero attached hydrogens (tertiary/aromatic N) is 3. The van der Waals surface area contributed by atoms with E-state index >= 15 is 0 Å². The number of rotatable bonds is 9. The first kappa shape index (κ1) is 15.2. The quantitative estimate of drug-likeness (QED) is 0.693. The van der Waals surface area contributed by atoms with Crippen molar-refractivity contribution in [3.05, 3.63) is 42.1 Å². The van der Waals surface area contributed by atoms with Crippen molar-refractivity contribution < 1.29 is 0 Å². The molecule has 0 unspecified atom stereocenters. The molecular weight excluding hydrogens is 262 g/mol. The van der Waals surface area contributed by atoms with E-state index < -0.39 is 0 Å². The summed E-state index contributed by atoms with van der Waals surface area (Å²) in [5, 5.41) is 14.4. The molecular formula is C16H23N5. The number of benzene rings is 1. The van der Waals surface area contributed by atoms with Gasteiger partial charge in [0.2, 0.25) is 5.95 Å². The highest BCUT2D eigenvalue weighted by Gasteiger charge is 2.00. The Morgan fingerprint density at radius 1 is 1.00 bits per heavy atom. The third-order valence-corrected chi connectivity index (χ3v) is 3.18. The summed E-state index contributed by atoms with van der Waals surface area (Å²) in [6.45, 7) is 3.91. The van der Waals surface area contributed by atoms with E-state index in [4.69, 9.17) is 0 Å². The molecule has 112 valence electrons. The molecule has 5 nitrogen and oxygen atoms in total. The molecule has 1 aromatic heterocycles. The fraction of sp³-hybridized carbons (Fsp3) is 0.438. The molecule has 2 aromatic rings. The molecule has 0 aliphatic carbocycles. The van der Waals surface area contributed by atoms with E-state index in [1.54, 1.807) is 6.20 Å². The summed E-state index contributed by atoms with van der Waals surface area (Å²) in [6.07, 6.45) is 6.18. The minimum atomic E-state index is 0.593. The van der Waals surface area contributed by atoms with Crippen molar-refractivity contribution in [3.63, 3.8) is 0 Å². The van der Waals surface area contributed by atoms with Crippen molar-refractivity contribution in [1.29, 1.82) is 0 Å². The Bertz CT molecular complexity index is 515. The van der Waals surface area contributed by atoms with Gasteiger partial charge in [0, 0.05) is 13.1 Å². The fourth-order valence-electron chi connectivity index (χ4n) is 2.02. The Labute approximate surface area is 126 Å². The minimum Gasteiger partial charge on any atom is -0.368 e. The van der Waals surface area contributed by atoms with Gasteiger partial charge in [0.15, 0.2) is 5.82 Å². The van der Waals surface area contributed by atoms with Crippen LogP contribution in [0.4, 0.5) is 11.8 Å². The van der Waals surface area contributed by atoms with Gasteiger partial charge in [-0.1, -0.05) is 50.1 Å². The van der Waals surface area contributed by atoms with Crippen molar-refractivity contribution >= 4 is 11.8 Å². The van der Waals surface area contributed by atoms with Crippen molar-refractivity contribution in [2.75, 3.05) is 23.7 Å². The van der Waals surface area contributed by atoms with Crippen LogP contribution < -0.4 is 10.6 Å². The molecule has 0 atom stereocenters. The van der Waals surface area contributed by atoms with E-state index in [9.17, 15) is 0 Å². The van der Waals surface area contributed by atoms with Crippen LogP contribution >= 0.6 is 0 Å². The van der Waals surface area contributed by atoms with Gasteiger partial charge in [0.1, 0.15) is 0 Å². The monoisotopic (exact) mass is 285 g/mol. The molecule has 2 rings (SSSR count). The fourth-order valence-corrected chi connectivity index (χ4v) is 2.02. The zero-order valence-corrected chi connectivity index (χ0v) is 12.5. The van der Waals surface area contributed by atoms with Crippen LogP contribution in [0.1, 0.15) is 31.7 Å². The Morgan fingerprint density at radius 2 is 1.86 bits per heavy atom. The van der Waals surface area contributed by atoms with Gasteiger partial charge in [0.05, 0.1) is 6.20 Å². The predicted octanol–water partition coefficient (Wildman–Crippen LogP) is 3.13. The molecule has 0 amide bonds. The van der Waals surface area contributed by atoms with E-state index in [1.165, 1.54) is 18.4 Å². The number of hydrogen-bond donors (Lipinski definition) is 2. The highest BCUT2D eigenvalue weighted by atomic mass is 15.3. The van der Waals surface area contributed by atoms with Crippen LogP contribution in [0.3, 0.4) is 0 Å². The average molecular weight is 285 g/mol. The van der Waals surface area contributed by atoms with Crippen molar-refractivity contribution in [1.82, 2.24) is 15.2 Å². The standard InChI is InChI=1S/C16H23N5/c1-2-3-7-11-18-16-20-15(13-19-21-16)17-12-10-14-8-5-4-6-9-14/h4-6,8-9,13H,2-3,7,10-12H2,1H3,(H2,17,18,20,21). The maximum absolute atomic E-state index is 4.41. The summed E-state index contributed by atoms with van der Waals surface area (Å²) in [5.41, 5.74) is 1.31. The van der Waals surface area contributed by atoms with Crippen LogP contribution in [0.15, 0.2) is 36.5 Å². The lowest BCUT2D eigenvalue weighted by atomic mass is 10.1. The number of aromatic nitrogens is 3. The molecule has 0 saturated carbocycles. The molecule has 1 aromatic carbocycles. The van der Waals surface area contributed by atoms with E-state index in [1.807, 2.05) is 6.07 Å². The molecule has 0 aliphatic heterocycles. The van der Waals surface area contributed by atoms with Gasteiger partial charge in [-0.05, 0) is 18.4 Å². The maximum atomic E-state index is 4.41. The van der Waals surface area contributed by atoms with Gasteiger partial charge in [-0.25, -0.2) is 0 Å². The molecule has 0 radical (unpaired) electrons. The van der Waals surface area contributed by atoms with Gasteiger partial charge in [-0.15, -0.1) is 5.10 Å². The molecule has 0 spiro atoms. The number of nitrogens with one attached hydrogen (secondary N) is 2. The van der Waals surface area contributed by atoms with E-state index in [2.05, 4.69) is 57.0 Å². The summed E-state index contributed by atoms with van der Waals surface area (Å²) in [6, 6.07) is 10.4. The molecule has 2 N–H and O–H groups in total. The minimum absolute atomic E-state index is 0.593. The summed E-state index contributed by atoms with van der Waals surface area (Å²) in [5.74, 6) is 1.36. The summed E-state index contributed by atoms with van der Waals surface area (Å²) < 4.78 is 0. The van der Waals surface area contributed by atoms with Crippen LogP contribution in [-0.4, -0.2) is 28.3 Å². The Hall–Kier alpha value is -2.17. The molecule has 0 fully saturated rings. The molecule has 0 bridgehead atoms. The van der Waals surface area contributed by atoms with Crippen molar-refractivity contribution in [3.8, 4) is 0 Å².